The number of nitrogens with zero attached hydrogens (tertiary/aromatic N) is 3. The van der Waals surface area contributed by atoms with Gasteiger partial charge in [-0.2, -0.15) is 9.30 Å². The minimum absolute atomic E-state index is 0.174. The number of aromatic nitrogens is 1. The molecule has 0 aliphatic carbocycles. The molecule has 36 heavy (non-hydrogen) atoms. The van der Waals surface area contributed by atoms with Crippen molar-refractivity contribution in [1.82, 2.24) is 8.87 Å². The molecule has 1 unspecified atom stereocenters. The van der Waals surface area contributed by atoms with E-state index in [1.54, 1.807) is 43.5 Å². The molecule has 0 bridgehead atoms. The Morgan fingerprint density at radius 1 is 1.14 bits per heavy atom. The Morgan fingerprint density at radius 3 is 2.61 bits per heavy atom. The fourth-order valence-electron chi connectivity index (χ4n) is 3.96. The van der Waals surface area contributed by atoms with Gasteiger partial charge in [-0.3, -0.25) is 9.59 Å². The molecule has 10 nitrogen and oxygen atoms in total. The van der Waals surface area contributed by atoms with E-state index in [9.17, 15) is 22.8 Å². The minimum atomic E-state index is -3.82. The molecule has 13 heteroatoms. The summed E-state index contributed by atoms with van der Waals surface area (Å²) in [6, 6.07) is 7.07. The van der Waals surface area contributed by atoms with Gasteiger partial charge in [-0.05, 0) is 56.3 Å². The van der Waals surface area contributed by atoms with Crippen LogP contribution in [0.25, 0.3) is 10.2 Å². The van der Waals surface area contributed by atoms with Gasteiger partial charge in [-0.15, -0.1) is 11.3 Å². The summed E-state index contributed by atoms with van der Waals surface area (Å²) >= 11 is 2.22. The molecular formula is C23H25N3O7S3. The number of fused-ring (bicyclic) bond motifs is 1. The normalized spacial score (nSPS) is 16.9. The van der Waals surface area contributed by atoms with E-state index in [4.69, 9.17) is 9.47 Å². The van der Waals surface area contributed by atoms with Gasteiger partial charge in [0.1, 0.15) is 16.8 Å². The van der Waals surface area contributed by atoms with Crippen LogP contribution in [-0.4, -0.2) is 60.9 Å². The van der Waals surface area contributed by atoms with Gasteiger partial charge in [-0.1, -0.05) is 17.4 Å². The Hall–Kier alpha value is -2.87. The number of benzene rings is 1. The van der Waals surface area contributed by atoms with Crippen LogP contribution >= 0.6 is 22.7 Å². The summed E-state index contributed by atoms with van der Waals surface area (Å²) in [5.41, 5.74) is 0.915. The highest BCUT2D eigenvalue weighted by Gasteiger charge is 2.40. The third kappa shape index (κ3) is 5.28. The van der Waals surface area contributed by atoms with Crippen LogP contribution in [0.5, 0.6) is 0 Å². The number of esters is 2. The van der Waals surface area contributed by atoms with E-state index in [1.165, 1.54) is 14.9 Å². The lowest BCUT2D eigenvalue weighted by Gasteiger charge is -2.20. The quantitative estimate of drug-likeness (QED) is 0.394. The van der Waals surface area contributed by atoms with Crippen molar-refractivity contribution in [2.75, 3.05) is 19.8 Å². The molecule has 3 heterocycles. The van der Waals surface area contributed by atoms with Crippen LogP contribution in [0.4, 0.5) is 0 Å². The SMILES string of the molecule is CCOC(=O)Cn1c(=NC(=O)C2CCCN2S(=O)(=O)c2cccs2)sc2cc(C(=O)OCC)ccc21. The number of carbonyl (C=O) groups excluding carboxylic acids is 3. The molecule has 4 rings (SSSR count). The van der Waals surface area contributed by atoms with Crippen molar-refractivity contribution in [2.24, 2.45) is 4.99 Å². The van der Waals surface area contributed by atoms with Crippen molar-refractivity contribution < 1.29 is 32.3 Å². The Bertz CT molecular complexity index is 1460. The van der Waals surface area contributed by atoms with Crippen LogP contribution in [0.3, 0.4) is 0 Å². The third-order valence-corrected chi connectivity index (χ3v) is 9.86. The Balaban J connectivity index is 1.74. The summed E-state index contributed by atoms with van der Waals surface area (Å²) in [6.45, 7) is 3.85. The molecule has 0 spiro atoms. The van der Waals surface area contributed by atoms with E-state index in [-0.39, 0.29) is 35.3 Å². The lowest BCUT2D eigenvalue weighted by atomic mass is 10.2. The number of thiophene rings is 1. The van der Waals surface area contributed by atoms with Crippen LogP contribution in [0.15, 0.2) is 44.9 Å². The van der Waals surface area contributed by atoms with Crippen molar-refractivity contribution in [2.45, 2.75) is 43.5 Å². The largest absolute Gasteiger partial charge is 0.465 e. The van der Waals surface area contributed by atoms with Crippen LogP contribution in [0.1, 0.15) is 37.0 Å². The van der Waals surface area contributed by atoms with Gasteiger partial charge in [0.05, 0.1) is 29.0 Å². The predicted octanol–water partition coefficient (Wildman–Crippen LogP) is 2.78. The second-order valence-corrected chi connectivity index (χ2v) is 11.9. The van der Waals surface area contributed by atoms with Gasteiger partial charge < -0.3 is 14.0 Å². The van der Waals surface area contributed by atoms with Crippen molar-refractivity contribution in [3.63, 3.8) is 0 Å². The maximum atomic E-state index is 13.3. The van der Waals surface area contributed by atoms with Crippen molar-refractivity contribution in [3.05, 3.63) is 46.1 Å². The summed E-state index contributed by atoms with van der Waals surface area (Å²) in [5, 5.41) is 1.67. The molecule has 1 fully saturated rings. The van der Waals surface area contributed by atoms with Crippen LogP contribution < -0.4 is 4.80 Å². The first-order valence-electron chi connectivity index (χ1n) is 11.4. The molecule has 0 saturated carbocycles. The highest BCUT2D eigenvalue weighted by atomic mass is 32.2. The molecule has 1 aromatic carbocycles. The summed E-state index contributed by atoms with van der Waals surface area (Å²) in [6.07, 6.45) is 0.886. The average Bonchev–Trinajstić information content (AvgIpc) is 3.60. The molecule has 192 valence electrons. The van der Waals surface area contributed by atoms with E-state index < -0.39 is 33.9 Å². The zero-order valence-electron chi connectivity index (χ0n) is 19.7. The predicted molar refractivity (Wildman–Crippen MR) is 134 cm³/mol. The van der Waals surface area contributed by atoms with E-state index >= 15 is 0 Å². The molecule has 1 atom stereocenters. The third-order valence-electron chi connectivity index (χ3n) is 5.54. The second-order valence-electron chi connectivity index (χ2n) is 7.83. The Kier molecular flexibility index (Phi) is 8.03. The van der Waals surface area contributed by atoms with Gasteiger partial charge in [0.15, 0.2) is 4.80 Å². The summed E-state index contributed by atoms with van der Waals surface area (Å²) in [7, 11) is -3.82. The van der Waals surface area contributed by atoms with E-state index in [2.05, 4.69) is 4.99 Å². The van der Waals surface area contributed by atoms with Crippen molar-refractivity contribution >= 4 is 60.8 Å². The van der Waals surface area contributed by atoms with Crippen LogP contribution in [0.2, 0.25) is 0 Å². The Morgan fingerprint density at radius 2 is 1.92 bits per heavy atom. The molecule has 1 saturated heterocycles. The summed E-state index contributed by atoms with van der Waals surface area (Å²) in [5.74, 6) is -1.61. The Labute approximate surface area is 215 Å². The topological polar surface area (TPSA) is 124 Å². The van der Waals surface area contributed by atoms with Crippen molar-refractivity contribution in [1.29, 1.82) is 0 Å². The van der Waals surface area contributed by atoms with Gasteiger partial charge in [0.2, 0.25) is 0 Å². The van der Waals surface area contributed by atoms with E-state index in [0.29, 0.717) is 28.6 Å². The molecule has 0 radical (unpaired) electrons. The van der Waals surface area contributed by atoms with E-state index in [1.807, 2.05) is 0 Å². The first-order chi connectivity index (χ1) is 17.3. The maximum Gasteiger partial charge on any atom is 0.338 e. The fourth-order valence-corrected chi connectivity index (χ4v) is 7.80. The first kappa shape index (κ1) is 26.2. The molecule has 1 aliphatic rings. The molecule has 3 aromatic rings. The van der Waals surface area contributed by atoms with Gasteiger partial charge >= 0.3 is 11.9 Å². The molecule has 1 aliphatic heterocycles. The number of thiazole rings is 1. The van der Waals surface area contributed by atoms with Gasteiger partial charge in [-0.25, -0.2) is 13.2 Å². The number of amides is 1. The number of carbonyl (C=O) groups is 3. The molecule has 0 N–H and O–H groups in total. The number of ether oxygens (including phenoxy) is 2. The summed E-state index contributed by atoms with van der Waals surface area (Å²) in [4.78, 5) is 42.2. The highest BCUT2D eigenvalue weighted by molar-refractivity contribution is 7.91. The molecular weight excluding hydrogens is 526 g/mol. The number of hydrogen-bond acceptors (Lipinski definition) is 9. The fraction of sp³-hybridized carbons (Fsp3) is 0.391. The minimum Gasteiger partial charge on any atom is -0.465 e. The number of sulfonamides is 1. The monoisotopic (exact) mass is 551 g/mol. The maximum absolute atomic E-state index is 13.3. The second kappa shape index (κ2) is 11.0. The van der Waals surface area contributed by atoms with Gasteiger partial charge in [0, 0.05) is 6.54 Å². The lowest BCUT2D eigenvalue weighted by molar-refractivity contribution is -0.143. The zero-order chi connectivity index (χ0) is 25.9. The van der Waals surface area contributed by atoms with Gasteiger partial charge in [0.25, 0.3) is 15.9 Å². The van der Waals surface area contributed by atoms with Crippen molar-refractivity contribution in [3.8, 4) is 0 Å². The van der Waals surface area contributed by atoms with E-state index in [0.717, 1.165) is 22.7 Å². The lowest BCUT2D eigenvalue weighted by Crippen LogP contribution is -2.40. The number of hydrogen-bond donors (Lipinski definition) is 0. The standard InChI is InChI=1S/C23H25N3O7S3/c1-3-32-19(27)14-25-16-10-9-15(22(29)33-4-2)13-18(16)35-23(25)24-21(28)17-7-5-11-26(17)36(30,31)20-8-6-12-34-20/h6,8-10,12-13,17H,3-5,7,11,14H2,1-2H3. The average molecular weight is 552 g/mol. The smallest absolute Gasteiger partial charge is 0.338 e. The van der Waals surface area contributed by atoms with Crippen LogP contribution in [-0.2, 0) is 35.6 Å². The summed E-state index contributed by atoms with van der Waals surface area (Å²) < 4.78 is 39.8. The first-order valence-corrected chi connectivity index (χ1v) is 14.5. The zero-order valence-corrected chi connectivity index (χ0v) is 22.2. The molecule has 2 aromatic heterocycles. The highest BCUT2D eigenvalue weighted by Crippen LogP contribution is 2.29. The number of rotatable bonds is 8. The molecule has 1 amide bonds. The van der Waals surface area contributed by atoms with Crippen LogP contribution in [0, 0.1) is 0 Å².